The number of hydrogen-bond acceptors (Lipinski definition) is 4. The Kier molecular flexibility index (Phi) is 3.98. The van der Waals surface area contributed by atoms with Crippen LogP contribution in [0.15, 0.2) is 42.7 Å². The lowest BCUT2D eigenvalue weighted by Crippen LogP contribution is -2.21. The Balaban J connectivity index is 1.69. The molecule has 0 radical (unpaired) electrons. The molecule has 0 fully saturated rings. The monoisotopic (exact) mass is 368 g/mol. The Hall–Kier alpha value is -3.16. The Morgan fingerprint density at radius 1 is 1.07 bits per heavy atom. The molecule has 3 aromatic heterocycles. The SMILES string of the molecule is Cc1ncc(C)n2nc(C(F)(F)Cc3nc(-c4ccccc4)cn3C)nc12. The van der Waals surface area contributed by atoms with Crippen molar-refractivity contribution in [3.8, 4) is 11.3 Å². The fraction of sp³-hybridized carbons (Fsp3) is 0.263. The molecule has 0 aliphatic rings. The molecule has 0 bridgehead atoms. The second kappa shape index (κ2) is 6.22. The fourth-order valence-corrected chi connectivity index (χ4v) is 2.94. The number of aromatic nitrogens is 6. The van der Waals surface area contributed by atoms with Gasteiger partial charge in [0, 0.05) is 25.0 Å². The summed E-state index contributed by atoms with van der Waals surface area (Å²) < 4.78 is 32.9. The van der Waals surface area contributed by atoms with Crippen LogP contribution in [-0.4, -0.2) is 29.1 Å². The first-order valence-corrected chi connectivity index (χ1v) is 8.50. The van der Waals surface area contributed by atoms with Crippen molar-refractivity contribution >= 4 is 5.65 Å². The highest BCUT2D eigenvalue weighted by molar-refractivity contribution is 5.58. The van der Waals surface area contributed by atoms with E-state index in [1.165, 1.54) is 4.52 Å². The maximum absolute atomic E-state index is 14.9. The quantitative estimate of drug-likeness (QED) is 0.553. The molecule has 0 unspecified atom stereocenters. The minimum absolute atomic E-state index is 0.268. The minimum Gasteiger partial charge on any atom is -0.337 e. The first-order chi connectivity index (χ1) is 12.8. The Morgan fingerprint density at radius 2 is 1.81 bits per heavy atom. The van der Waals surface area contributed by atoms with Crippen molar-refractivity contribution in [2.45, 2.75) is 26.2 Å². The third-order valence-corrected chi connectivity index (χ3v) is 4.46. The van der Waals surface area contributed by atoms with Crippen LogP contribution in [0.1, 0.15) is 23.0 Å². The van der Waals surface area contributed by atoms with Crippen molar-refractivity contribution in [2.75, 3.05) is 0 Å². The Morgan fingerprint density at radius 3 is 2.52 bits per heavy atom. The zero-order valence-electron chi connectivity index (χ0n) is 15.2. The number of imidazole rings is 1. The molecule has 0 saturated heterocycles. The Labute approximate surface area is 154 Å². The van der Waals surface area contributed by atoms with Crippen molar-refractivity contribution in [1.29, 1.82) is 0 Å². The smallest absolute Gasteiger partial charge is 0.315 e. The topological polar surface area (TPSA) is 60.9 Å². The third kappa shape index (κ3) is 3.07. The molecule has 0 aliphatic carbocycles. The van der Waals surface area contributed by atoms with Gasteiger partial charge in [-0.1, -0.05) is 30.3 Å². The summed E-state index contributed by atoms with van der Waals surface area (Å²) in [6.45, 7) is 3.47. The van der Waals surface area contributed by atoms with Crippen molar-refractivity contribution < 1.29 is 8.78 Å². The highest BCUT2D eigenvalue weighted by Crippen LogP contribution is 2.31. The van der Waals surface area contributed by atoms with Crippen LogP contribution in [0.3, 0.4) is 0 Å². The van der Waals surface area contributed by atoms with Crippen molar-refractivity contribution in [2.24, 2.45) is 7.05 Å². The summed E-state index contributed by atoms with van der Waals surface area (Å²) >= 11 is 0. The third-order valence-electron chi connectivity index (χ3n) is 4.46. The van der Waals surface area contributed by atoms with Crippen LogP contribution in [0.4, 0.5) is 8.78 Å². The van der Waals surface area contributed by atoms with Gasteiger partial charge in [0.25, 0.3) is 0 Å². The molecule has 8 heteroatoms. The minimum atomic E-state index is -3.25. The van der Waals surface area contributed by atoms with Crippen LogP contribution in [0, 0.1) is 13.8 Å². The van der Waals surface area contributed by atoms with Gasteiger partial charge in [0.1, 0.15) is 5.82 Å². The fourth-order valence-electron chi connectivity index (χ4n) is 2.94. The lowest BCUT2D eigenvalue weighted by molar-refractivity contribution is -0.0154. The van der Waals surface area contributed by atoms with E-state index in [0.29, 0.717) is 22.7 Å². The van der Waals surface area contributed by atoms with Crippen molar-refractivity contribution in [3.05, 3.63) is 65.8 Å². The van der Waals surface area contributed by atoms with Gasteiger partial charge in [-0.3, -0.25) is 4.98 Å². The molecule has 0 saturated carbocycles. The number of alkyl halides is 2. The number of benzene rings is 1. The molecule has 0 spiro atoms. The van der Waals surface area contributed by atoms with Crippen LogP contribution >= 0.6 is 0 Å². The van der Waals surface area contributed by atoms with E-state index >= 15 is 0 Å². The average molecular weight is 368 g/mol. The van der Waals surface area contributed by atoms with Gasteiger partial charge in [-0.2, -0.15) is 8.78 Å². The van der Waals surface area contributed by atoms with Gasteiger partial charge >= 0.3 is 5.92 Å². The predicted molar refractivity (Wildman–Crippen MR) is 96.5 cm³/mol. The van der Waals surface area contributed by atoms with Gasteiger partial charge in [0.15, 0.2) is 5.65 Å². The first kappa shape index (κ1) is 17.3. The van der Waals surface area contributed by atoms with Gasteiger partial charge < -0.3 is 4.57 Å². The summed E-state index contributed by atoms with van der Waals surface area (Å²) in [4.78, 5) is 12.6. The molecule has 0 aliphatic heterocycles. The van der Waals surface area contributed by atoms with Crippen LogP contribution in [-0.2, 0) is 19.4 Å². The number of fused-ring (bicyclic) bond motifs is 1. The molecule has 1 aromatic carbocycles. The molecular weight excluding hydrogens is 350 g/mol. The van der Waals surface area contributed by atoms with Gasteiger partial charge in [-0.25, -0.2) is 14.5 Å². The summed E-state index contributed by atoms with van der Waals surface area (Å²) in [6.07, 6.45) is 2.75. The zero-order chi connectivity index (χ0) is 19.2. The second-order valence-corrected chi connectivity index (χ2v) is 6.56. The lowest BCUT2D eigenvalue weighted by Gasteiger charge is -2.11. The first-order valence-electron chi connectivity index (χ1n) is 8.50. The molecular formula is C19H18F2N6. The number of rotatable bonds is 4. The highest BCUT2D eigenvalue weighted by Gasteiger charge is 2.39. The molecule has 4 aromatic rings. The molecule has 0 atom stereocenters. The van der Waals surface area contributed by atoms with Crippen molar-refractivity contribution in [1.82, 2.24) is 29.1 Å². The molecule has 4 rings (SSSR count). The second-order valence-electron chi connectivity index (χ2n) is 6.56. The largest absolute Gasteiger partial charge is 0.337 e. The molecule has 138 valence electrons. The molecule has 27 heavy (non-hydrogen) atoms. The number of halogens is 2. The van der Waals surface area contributed by atoms with Gasteiger partial charge in [-0.15, -0.1) is 5.10 Å². The van der Waals surface area contributed by atoms with E-state index in [4.69, 9.17) is 0 Å². The normalized spacial score (nSPS) is 12.0. The maximum atomic E-state index is 14.9. The molecule has 3 heterocycles. The summed E-state index contributed by atoms with van der Waals surface area (Å²) in [6, 6.07) is 9.46. The van der Waals surface area contributed by atoms with Crippen LogP contribution in [0.2, 0.25) is 0 Å². The van der Waals surface area contributed by atoms with E-state index in [0.717, 1.165) is 5.56 Å². The van der Waals surface area contributed by atoms with E-state index in [1.807, 2.05) is 30.3 Å². The maximum Gasteiger partial charge on any atom is 0.315 e. The van der Waals surface area contributed by atoms with Gasteiger partial charge in [0.05, 0.1) is 23.5 Å². The zero-order valence-corrected chi connectivity index (χ0v) is 15.2. The van der Waals surface area contributed by atoms with E-state index < -0.39 is 18.2 Å². The van der Waals surface area contributed by atoms with E-state index in [1.54, 1.807) is 37.9 Å². The average Bonchev–Trinajstić information content (AvgIpc) is 3.25. The van der Waals surface area contributed by atoms with Crippen molar-refractivity contribution in [3.63, 3.8) is 0 Å². The standard InChI is InChI=1S/C19H18F2N6/c1-12-10-22-13(2)17-24-18(25-27(12)17)19(20,21)9-16-23-15(11-26(16)3)14-7-5-4-6-8-14/h4-8,10-11H,9H2,1-3H3. The number of nitrogens with zero attached hydrogens (tertiary/aromatic N) is 6. The molecule has 0 N–H and O–H groups in total. The highest BCUT2D eigenvalue weighted by atomic mass is 19.3. The number of hydrogen-bond donors (Lipinski definition) is 0. The number of aryl methyl sites for hydroxylation is 3. The van der Waals surface area contributed by atoms with E-state index in [9.17, 15) is 8.78 Å². The summed E-state index contributed by atoms with van der Waals surface area (Å²) in [7, 11) is 1.71. The van der Waals surface area contributed by atoms with E-state index in [2.05, 4.69) is 20.1 Å². The predicted octanol–water partition coefficient (Wildman–Crippen LogP) is 3.48. The summed E-state index contributed by atoms with van der Waals surface area (Å²) in [5.74, 6) is -3.51. The summed E-state index contributed by atoms with van der Waals surface area (Å²) in [5, 5.41) is 4.01. The van der Waals surface area contributed by atoms with Crippen LogP contribution in [0.25, 0.3) is 16.9 Å². The van der Waals surface area contributed by atoms with Crippen LogP contribution < -0.4 is 0 Å². The van der Waals surface area contributed by atoms with Gasteiger partial charge in [-0.05, 0) is 13.8 Å². The van der Waals surface area contributed by atoms with Crippen LogP contribution in [0.5, 0.6) is 0 Å². The van der Waals surface area contributed by atoms with Gasteiger partial charge in [0.2, 0.25) is 5.82 Å². The molecule has 6 nitrogen and oxygen atoms in total. The molecule has 0 amide bonds. The summed E-state index contributed by atoms with van der Waals surface area (Å²) in [5.41, 5.74) is 3.08. The lowest BCUT2D eigenvalue weighted by atomic mass is 10.2. The van der Waals surface area contributed by atoms with E-state index in [-0.39, 0.29) is 5.82 Å². The Bertz CT molecular complexity index is 1080.